The molecule has 16 heavy (non-hydrogen) atoms. The van der Waals surface area contributed by atoms with Gasteiger partial charge in [-0.15, -0.1) is 0 Å². The van der Waals surface area contributed by atoms with Crippen molar-refractivity contribution >= 4 is 12.0 Å². The molecule has 1 aromatic heterocycles. The van der Waals surface area contributed by atoms with E-state index in [4.69, 9.17) is 5.73 Å². The van der Waals surface area contributed by atoms with E-state index in [0.717, 1.165) is 24.9 Å². The van der Waals surface area contributed by atoms with Gasteiger partial charge in [0, 0.05) is 13.0 Å². The molecule has 90 valence electrons. The third-order valence-electron chi connectivity index (χ3n) is 2.62. The highest BCUT2D eigenvalue weighted by Crippen LogP contribution is 2.19. The standard InChI is InChI=1S/C11H20N4O/c1-9-11(12)7-13-15(9)10(5-4-6-16)8-14(2)3/h6-7,10H,4-5,8,12H2,1-3H3. The smallest absolute Gasteiger partial charge is 0.120 e. The summed E-state index contributed by atoms with van der Waals surface area (Å²) < 4.78 is 1.92. The summed E-state index contributed by atoms with van der Waals surface area (Å²) in [6.07, 6.45) is 3.96. The summed E-state index contributed by atoms with van der Waals surface area (Å²) in [7, 11) is 4.02. The minimum Gasteiger partial charge on any atom is -0.396 e. The summed E-state index contributed by atoms with van der Waals surface area (Å²) in [6.45, 7) is 2.81. The summed E-state index contributed by atoms with van der Waals surface area (Å²) in [6, 6.07) is 0.206. The van der Waals surface area contributed by atoms with Gasteiger partial charge in [0.2, 0.25) is 0 Å². The van der Waals surface area contributed by atoms with Gasteiger partial charge in [-0.05, 0) is 27.4 Å². The van der Waals surface area contributed by atoms with Crippen LogP contribution >= 0.6 is 0 Å². The number of hydrogen-bond donors (Lipinski definition) is 1. The summed E-state index contributed by atoms with van der Waals surface area (Å²) in [5, 5.41) is 4.27. The molecule has 1 unspecified atom stereocenters. The minimum atomic E-state index is 0.206. The number of aromatic nitrogens is 2. The van der Waals surface area contributed by atoms with Gasteiger partial charge in [0.1, 0.15) is 6.29 Å². The molecule has 1 aromatic rings. The van der Waals surface area contributed by atoms with Crippen LogP contribution in [-0.4, -0.2) is 41.6 Å². The second kappa shape index (κ2) is 5.65. The summed E-state index contributed by atoms with van der Waals surface area (Å²) in [5.74, 6) is 0. The number of carbonyl (C=O) groups is 1. The highest BCUT2D eigenvalue weighted by atomic mass is 16.1. The van der Waals surface area contributed by atoms with E-state index in [1.165, 1.54) is 0 Å². The molecule has 5 heteroatoms. The number of anilines is 1. The first-order valence-electron chi connectivity index (χ1n) is 5.44. The second-order valence-corrected chi connectivity index (χ2v) is 4.29. The molecule has 2 N–H and O–H groups in total. The Labute approximate surface area is 96.2 Å². The van der Waals surface area contributed by atoms with Crippen molar-refractivity contribution in [2.24, 2.45) is 0 Å². The van der Waals surface area contributed by atoms with Gasteiger partial charge in [-0.1, -0.05) is 0 Å². The lowest BCUT2D eigenvalue weighted by molar-refractivity contribution is -0.108. The molecule has 0 aliphatic carbocycles. The fourth-order valence-corrected chi connectivity index (χ4v) is 1.78. The van der Waals surface area contributed by atoms with Crippen LogP contribution in [0.25, 0.3) is 0 Å². The van der Waals surface area contributed by atoms with Gasteiger partial charge in [-0.25, -0.2) is 0 Å². The van der Waals surface area contributed by atoms with Gasteiger partial charge in [0.05, 0.1) is 23.6 Å². The zero-order valence-corrected chi connectivity index (χ0v) is 10.2. The Morgan fingerprint density at radius 3 is 2.75 bits per heavy atom. The maximum absolute atomic E-state index is 10.4. The number of nitrogens with two attached hydrogens (primary N) is 1. The Kier molecular flexibility index (Phi) is 4.49. The molecule has 0 saturated carbocycles. The zero-order chi connectivity index (χ0) is 12.1. The number of hydrogen-bond acceptors (Lipinski definition) is 4. The maximum atomic E-state index is 10.4. The number of nitrogens with zero attached hydrogens (tertiary/aromatic N) is 3. The van der Waals surface area contributed by atoms with Crippen LogP contribution in [0.3, 0.4) is 0 Å². The number of aldehydes is 1. The van der Waals surface area contributed by atoms with Crippen LogP contribution in [0, 0.1) is 6.92 Å². The van der Waals surface area contributed by atoms with Crippen LogP contribution in [0.5, 0.6) is 0 Å². The predicted octanol–water partition coefficient (Wildman–Crippen LogP) is 0.856. The molecule has 0 spiro atoms. The van der Waals surface area contributed by atoms with Crippen molar-refractivity contribution in [3.63, 3.8) is 0 Å². The first kappa shape index (κ1) is 12.7. The molecule has 0 aliphatic heterocycles. The Hall–Kier alpha value is -1.36. The maximum Gasteiger partial charge on any atom is 0.120 e. The fraction of sp³-hybridized carbons (Fsp3) is 0.636. The summed E-state index contributed by atoms with van der Waals surface area (Å²) >= 11 is 0. The number of likely N-dealkylation sites (N-methyl/N-ethyl adjacent to an activating group) is 1. The van der Waals surface area contributed by atoms with Crippen molar-refractivity contribution in [2.45, 2.75) is 25.8 Å². The molecular weight excluding hydrogens is 204 g/mol. The van der Waals surface area contributed by atoms with Crippen LogP contribution in [0.4, 0.5) is 5.69 Å². The zero-order valence-electron chi connectivity index (χ0n) is 10.2. The first-order chi connectivity index (χ1) is 7.56. The van der Waals surface area contributed by atoms with E-state index in [0.29, 0.717) is 12.1 Å². The molecule has 0 amide bonds. The van der Waals surface area contributed by atoms with E-state index in [9.17, 15) is 4.79 Å². The summed E-state index contributed by atoms with van der Waals surface area (Å²) in [5.41, 5.74) is 7.45. The van der Waals surface area contributed by atoms with Crippen LogP contribution in [0.2, 0.25) is 0 Å². The molecule has 5 nitrogen and oxygen atoms in total. The molecule has 0 saturated heterocycles. The monoisotopic (exact) mass is 224 g/mol. The first-order valence-corrected chi connectivity index (χ1v) is 5.44. The molecule has 0 bridgehead atoms. The van der Waals surface area contributed by atoms with Crippen LogP contribution in [0.15, 0.2) is 6.20 Å². The van der Waals surface area contributed by atoms with Crippen LogP contribution < -0.4 is 5.73 Å². The third-order valence-corrected chi connectivity index (χ3v) is 2.62. The van der Waals surface area contributed by atoms with E-state index < -0.39 is 0 Å². The highest BCUT2D eigenvalue weighted by molar-refractivity contribution is 5.49. The molecule has 1 atom stereocenters. The van der Waals surface area contributed by atoms with Gasteiger partial charge in [-0.3, -0.25) is 4.68 Å². The molecule has 0 radical (unpaired) electrons. The highest BCUT2D eigenvalue weighted by Gasteiger charge is 2.15. The Morgan fingerprint density at radius 2 is 2.31 bits per heavy atom. The minimum absolute atomic E-state index is 0.206. The normalized spacial score (nSPS) is 13.0. The van der Waals surface area contributed by atoms with Gasteiger partial charge >= 0.3 is 0 Å². The number of carbonyl (C=O) groups excluding carboxylic acids is 1. The van der Waals surface area contributed by atoms with Crippen LogP contribution in [-0.2, 0) is 4.79 Å². The van der Waals surface area contributed by atoms with E-state index in [2.05, 4.69) is 10.00 Å². The van der Waals surface area contributed by atoms with Crippen molar-refractivity contribution in [2.75, 3.05) is 26.4 Å². The van der Waals surface area contributed by atoms with Crippen molar-refractivity contribution in [1.29, 1.82) is 0 Å². The van der Waals surface area contributed by atoms with Crippen LogP contribution in [0.1, 0.15) is 24.6 Å². The number of rotatable bonds is 6. The average molecular weight is 224 g/mol. The van der Waals surface area contributed by atoms with E-state index >= 15 is 0 Å². The second-order valence-electron chi connectivity index (χ2n) is 4.29. The van der Waals surface area contributed by atoms with E-state index in [-0.39, 0.29) is 6.04 Å². The topological polar surface area (TPSA) is 64.1 Å². The SMILES string of the molecule is Cc1c(N)cnn1C(CCC=O)CN(C)C. The molecule has 1 heterocycles. The Balaban J connectivity index is 2.82. The van der Waals surface area contributed by atoms with Crippen molar-refractivity contribution in [3.8, 4) is 0 Å². The lowest BCUT2D eigenvalue weighted by atomic mass is 10.1. The lowest BCUT2D eigenvalue weighted by Crippen LogP contribution is -2.26. The Morgan fingerprint density at radius 1 is 1.62 bits per heavy atom. The predicted molar refractivity (Wildman–Crippen MR) is 64.3 cm³/mol. The molecule has 0 aromatic carbocycles. The third kappa shape index (κ3) is 3.06. The van der Waals surface area contributed by atoms with Gasteiger partial charge in [0.25, 0.3) is 0 Å². The quantitative estimate of drug-likeness (QED) is 0.728. The fourth-order valence-electron chi connectivity index (χ4n) is 1.78. The number of nitrogen functional groups attached to an aromatic ring is 1. The van der Waals surface area contributed by atoms with Gasteiger partial charge in [0.15, 0.2) is 0 Å². The van der Waals surface area contributed by atoms with Gasteiger partial charge < -0.3 is 15.4 Å². The molecule has 0 fully saturated rings. The lowest BCUT2D eigenvalue weighted by Gasteiger charge is -2.22. The molecular formula is C11H20N4O. The molecule has 1 rings (SSSR count). The largest absolute Gasteiger partial charge is 0.396 e. The van der Waals surface area contributed by atoms with Crippen molar-refractivity contribution in [1.82, 2.24) is 14.7 Å². The molecule has 0 aliphatic rings. The van der Waals surface area contributed by atoms with E-state index in [1.54, 1.807) is 6.20 Å². The summed E-state index contributed by atoms with van der Waals surface area (Å²) in [4.78, 5) is 12.5. The Bertz CT molecular complexity index is 346. The van der Waals surface area contributed by atoms with Crippen molar-refractivity contribution < 1.29 is 4.79 Å². The van der Waals surface area contributed by atoms with E-state index in [1.807, 2.05) is 25.7 Å². The van der Waals surface area contributed by atoms with Gasteiger partial charge in [-0.2, -0.15) is 5.10 Å². The average Bonchev–Trinajstić information content (AvgIpc) is 2.54. The van der Waals surface area contributed by atoms with Crippen molar-refractivity contribution in [3.05, 3.63) is 11.9 Å².